The van der Waals surface area contributed by atoms with Crippen molar-refractivity contribution in [3.63, 3.8) is 0 Å². The van der Waals surface area contributed by atoms with Gasteiger partial charge < -0.3 is 9.99 Å². The Hall–Kier alpha value is -2.50. The third-order valence-corrected chi connectivity index (χ3v) is 6.49. The Morgan fingerprint density at radius 1 is 1.20 bits per heavy atom. The highest BCUT2D eigenvalue weighted by Gasteiger charge is 2.34. The summed E-state index contributed by atoms with van der Waals surface area (Å²) >= 11 is 0. The molecule has 2 aromatic rings. The van der Waals surface area contributed by atoms with E-state index in [-0.39, 0.29) is 12.3 Å². The Balaban J connectivity index is 1.51. The van der Waals surface area contributed by atoms with Gasteiger partial charge in [-0.1, -0.05) is 18.2 Å². The Bertz CT molecular complexity index is 1030. The molecule has 3 nitrogen and oxygen atoms in total. The lowest BCUT2D eigenvalue weighted by Crippen LogP contribution is -2.30. The van der Waals surface area contributed by atoms with Gasteiger partial charge in [-0.25, -0.2) is 4.39 Å². The van der Waals surface area contributed by atoms with Crippen LogP contribution in [0.2, 0.25) is 0 Å². The van der Waals surface area contributed by atoms with Gasteiger partial charge in [0.25, 0.3) is 0 Å². The zero-order chi connectivity index (χ0) is 21.3. The van der Waals surface area contributed by atoms with Crippen molar-refractivity contribution in [3.05, 3.63) is 94.7 Å². The maximum Gasteiger partial charge on any atom is 0.419 e. The predicted molar refractivity (Wildman–Crippen MR) is 111 cm³/mol. The second kappa shape index (κ2) is 8.32. The van der Waals surface area contributed by atoms with Crippen molar-refractivity contribution in [1.82, 2.24) is 15.0 Å². The van der Waals surface area contributed by atoms with Crippen LogP contribution in [-0.2, 0) is 12.7 Å². The first kappa shape index (κ1) is 20.8. The van der Waals surface area contributed by atoms with Crippen molar-refractivity contribution < 1.29 is 17.6 Å². The molecule has 2 unspecified atom stereocenters. The van der Waals surface area contributed by atoms with Crippen LogP contribution in [0.4, 0.5) is 17.6 Å². The van der Waals surface area contributed by atoms with Crippen molar-refractivity contribution in [2.75, 3.05) is 0 Å². The smallest absolute Gasteiger partial charge is 0.321 e. The van der Waals surface area contributed by atoms with Gasteiger partial charge in [-0.05, 0) is 54.8 Å². The minimum Gasteiger partial charge on any atom is -0.321 e. The summed E-state index contributed by atoms with van der Waals surface area (Å²) in [7, 11) is 0.342. The van der Waals surface area contributed by atoms with Crippen LogP contribution >= 0.6 is 8.73 Å². The number of hydrogen-bond donors (Lipinski definition) is 1. The number of nitrogens with zero attached hydrogens (tertiary/aromatic N) is 2. The third-order valence-electron chi connectivity index (χ3n) is 5.07. The summed E-state index contributed by atoms with van der Waals surface area (Å²) in [5, 5.41) is 3.29. The van der Waals surface area contributed by atoms with E-state index in [1.807, 2.05) is 18.2 Å². The van der Waals surface area contributed by atoms with E-state index in [1.54, 1.807) is 12.4 Å². The molecule has 0 radical (unpaired) electrons. The van der Waals surface area contributed by atoms with Gasteiger partial charge in [-0.15, -0.1) is 0 Å². The standard InChI is InChI=1S/C22H20F4N3P/c1-14-2-5-20(16-8-10-27-11-9-16)29-19(14)6-7-21(30-29)28-13-15-3-4-18(23)17(12-15)22(24,25)26/h3-12,21,28,30H,2,13H2,1H3. The molecule has 0 saturated heterocycles. The van der Waals surface area contributed by atoms with Gasteiger partial charge >= 0.3 is 6.18 Å². The lowest BCUT2D eigenvalue weighted by Gasteiger charge is -2.38. The number of nitrogens with one attached hydrogen (secondary N) is 1. The molecule has 8 heteroatoms. The number of halogens is 4. The molecular formula is C22H20F4N3P. The van der Waals surface area contributed by atoms with E-state index >= 15 is 0 Å². The van der Waals surface area contributed by atoms with Gasteiger partial charge in [0, 0.05) is 44.6 Å². The quantitative estimate of drug-likeness (QED) is 0.485. The van der Waals surface area contributed by atoms with E-state index in [4.69, 9.17) is 0 Å². The molecule has 0 aliphatic carbocycles. The summed E-state index contributed by atoms with van der Waals surface area (Å²) in [4.78, 5) is 4.08. The first-order chi connectivity index (χ1) is 14.3. The molecule has 156 valence electrons. The van der Waals surface area contributed by atoms with Crippen LogP contribution < -0.4 is 5.32 Å². The van der Waals surface area contributed by atoms with Gasteiger partial charge in [0.05, 0.1) is 11.3 Å². The molecule has 3 heterocycles. The summed E-state index contributed by atoms with van der Waals surface area (Å²) in [6.07, 6.45) is 5.96. The van der Waals surface area contributed by atoms with E-state index in [1.165, 1.54) is 11.6 Å². The van der Waals surface area contributed by atoms with E-state index < -0.39 is 17.6 Å². The molecule has 0 spiro atoms. The van der Waals surface area contributed by atoms with Crippen LogP contribution in [-0.4, -0.2) is 15.4 Å². The largest absolute Gasteiger partial charge is 0.419 e. The zero-order valence-corrected chi connectivity index (χ0v) is 17.2. The van der Waals surface area contributed by atoms with Crippen LogP contribution in [0.15, 0.2) is 72.2 Å². The SMILES string of the molecule is CC1=C2C=CC(NCc3ccc(F)c(C(F)(F)F)c3)PN2C(c2ccncc2)=CC1. The average Bonchev–Trinajstić information content (AvgIpc) is 2.73. The van der Waals surface area contributed by atoms with Gasteiger partial charge in [0.1, 0.15) is 5.82 Å². The average molecular weight is 433 g/mol. The Kier molecular flexibility index (Phi) is 5.76. The van der Waals surface area contributed by atoms with E-state index in [9.17, 15) is 17.6 Å². The lowest BCUT2D eigenvalue weighted by molar-refractivity contribution is -0.140. The molecule has 4 rings (SSSR count). The number of benzene rings is 1. The van der Waals surface area contributed by atoms with Crippen LogP contribution in [0.1, 0.15) is 30.0 Å². The molecule has 2 aliphatic rings. The maximum atomic E-state index is 13.5. The first-order valence-electron chi connectivity index (χ1n) is 9.47. The van der Waals surface area contributed by atoms with E-state index in [0.29, 0.717) is 14.3 Å². The minimum absolute atomic E-state index is 0.0377. The van der Waals surface area contributed by atoms with Crippen molar-refractivity contribution in [2.24, 2.45) is 0 Å². The second-order valence-electron chi connectivity index (χ2n) is 7.19. The van der Waals surface area contributed by atoms with Gasteiger partial charge in [0.2, 0.25) is 0 Å². The first-order valence-corrected chi connectivity index (χ1v) is 10.5. The van der Waals surface area contributed by atoms with Crippen LogP contribution in [0.25, 0.3) is 5.70 Å². The molecule has 0 bridgehead atoms. The number of alkyl halides is 3. The van der Waals surface area contributed by atoms with E-state index in [2.05, 4.69) is 34.0 Å². The summed E-state index contributed by atoms with van der Waals surface area (Å²) in [5.41, 5.74) is 3.76. The Morgan fingerprint density at radius 2 is 1.97 bits per heavy atom. The topological polar surface area (TPSA) is 28.2 Å². The molecule has 1 aromatic carbocycles. The summed E-state index contributed by atoms with van der Waals surface area (Å²) in [6.45, 7) is 2.31. The van der Waals surface area contributed by atoms with Crippen molar-refractivity contribution in [1.29, 1.82) is 0 Å². The third kappa shape index (κ3) is 4.32. The zero-order valence-electron chi connectivity index (χ0n) is 16.2. The highest BCUT2D eigenvalue weighted by Crippen LogP contribution is 2.45. The summed E-state index contributed by atoms with van der Waals surface area (Å²) in [5.74, 6) is -1.29. The number of hydrogen-bond acceptors (Lipinski definition) is 3. The summed E-state index contributed by atoms with van der Waals surface area (Å²) in [6, 6.07) is 7.06. The highest BCUT2D eigenvalue weighted by molar-refractivity contribution is 7.37. The molecule has 2 atom stereocenters. The fourth-order valence-electron chi connectivity index (χ4n) is 3.50. The molecule has 0 fully saturated rings. The number of fused-ring (bicyclic) bond motifs is 1. The van der Waals surface area contributed by atoms with Crippen LogP contribution in [0, 0.1) is 5.82 Å². The second-order valence-corrected chi connectivity index (χ2v) is 8.52. The fourth-order valence-corrected chi connectivity index (χ4v) is 4.92. The molecule has 30 heavy (non-hydrogen) atoms. The predicted octanol–water partition coefficient (Wildman–Crippen LogP) is 5.84. The molecule has 2 aliphatic heterocycles. The number of aromatic nitrogens is 1. The Morgan fingerprint density at radius 3 is 2.70 bits per heavy atom. The van der Waals surface area contributed by atoms with Crippen molar-refractivity contribution >= 4 is 14.4 Å². The minimum atomic E-state index is -4.71. The molecular weight excluding hydrogens is 413 g/mol. The summed E-state index contributed by atoms with van der Waals surface area (Å²) < 4.78 is 54.6. The number of allylic oxidation sites excluding steroid dienone is 3. The normalized spacial score (nSPS) is 19.8. The Labute approximate surface area is 174 Å². The van der Waals surface area contributed by atoms with Crippen LogP contribution in [0.3, 0.4) is 0 Å². The van der Waals surface area contributed by atoms with Gasteiger partial charge in [0.15, 0.2) is 0 Å². The molecule has 0 amide bonds. The number of pyridine rings is 1. The maximum absolute atomic E-state index is 13.5. The van der Waals surface area contributed by atoms with Crippen LogP contribution in [0.5, 0.6) is 0 Å². The highest BCUT2D eigenvalue weighted by atomic mass is 31.1. The van der Waals surface area contributed by atoms with E-state index in [0.717, 1.165) is 35.5 Å². The molecule has 0 saturated carbocycles. The van der Waals surface area contributed by atoms with Crippen molar-refractivity contribution in [3.8, 4) is 0 Å². The van der Waals surface area contributed by atoms with Crippen molar-refractivity contribution in [2.45, 2.75) is 31.8 Å². The lowest BCUT2D eigenvalue weighted by atomic mass is 10.0. The monoisotopic (exact) mass is 433 g/mol. The van der Waals surface area contributed by atoms with Gasteiger partial charge in [-0.3, -0.25) is 4.98 Å². The fraction of sp³-hybridized carbons (Fsp3) is 0.227. The molecule has 1 aromatic heterocycles. The van der Waals surface area contributed by atoms with Gasteiger partial charge in [-0.2, -0.15) is 13.2 Å². The number of rotatable bonds is 4. The molecule has 1 N–H and O–H groups in total.